The Labute approximate surface area is 107 Å². The van der Waals surface area contributed by atoms with Crippen LogP contribution >= 0.6 is 11.6 Å². The molecule has 2 unspecified atom stereocenters. The second-order valence-electron chi connectivity index (χ2n) is 4.17. The molecule has 0 amide bonds. The SMILES string of the molecule is CC(CCl)CS(=O)(=O)NC(C)c1cccnc1. The normalized spacial score (nSPS) is 15.5. The molecule has 0 radical (unpaired) electrons. The third-order valence-electron chi connectivity index (χ3n) is 2.31. The van der Waals surface area contributed by atoms with E-state index in [0.29, 0.717) is 5.88 Å². The summed E-state index contributed by atoms with van der Waals surface area (Å²) in [6, 6.07) is 3.34. The average molecular weight is 277 g/mol. The molecule has 0 bridgehead atoms. The van der Waals surface area contributed by atoms with E-state index in [1.165, 1.54) is 0 Å². The Morgan fingerprint density at radius 3 is 2.71 bits per heavy atom. The smallest absolute Gasteiger partial charge is 0.212 e. The second kappa shape index (κ2) is 6.33. The lowest BCUT2D eigenvalue weighted by molar-refractivity contribution is 0.555. The lowest BCUT2D eigenvalue weighted by Gasteiger charge is -2.15. The Morgan fingerprint density at radius 2 is 2.18 bits per heavy atom. The molecular weight excluding hydrogens is 260 g/mol. The van der Waals surface area contributed by atoms with Gasteiger partial charge in [-0.05, 0) is 24.5 Å². The Balaban J connectivity index is 2.65. The Kier molecular flexibility index (Phi) is 5.36. The largest absolute Gasteiger partial charge is 0.264 e. The quantitative estimate of drug-likeness (QED) is 0.808. The van der Waals surface area contributed by atoms with Gasteiger partial charge in [-0.1, -0.05) is 13.0 Å². The minimum atomic E-state index is -3.30. The summed E-state index contributed by atoms with van der Waals surface area (Å²) < 4.78 is 26.2. The van der Waals surface area contributed by atoms with Crippen LogP contribution in [0, 0.1) is 5.92 Å². The van der Waals surface area contributed by atoms with Gasteiger partial charge < -0.3 is 0 Å². The van der Waals surface area contributed by atoms with E-state index in [1.54, 1.807) is 32.3 Å². The molecule has 1 rings (SSSR count). The van der Waals surface area contributed by atoms with Crippen molar-refractivity contribution >= 4 is 21.6 Å². The van der Waals surface area contributed by atoms with Crippen molar-refractivity contribution in [3.05, 3.63) is 30.1 Å². The van der Waals surface area contributed by atoms with Crippen molar-refractivity contribution in [2.45, 2.75) is 19.9 Å². The lowest BCUT2D eigenvalue weighted by atomic mass is 10.2. The van der Waals surface area contributed by atoms with E-state index in [1.807, 2.05) is 6.07 Å². The number of halogens is 1. The molecule has 1 N–H and O–H groups in total. The first-order valence-corrected chi connectivity index (χ1v) is 7.59. The predicted molar refractivity (Wildman–Crippen MR) is 69.5 cm³/mol. The van der Waals surface area contributed by atoms with Crippen LogP contribution in [0.4, 0.5) is 0 Å². The van der Waals surface area contributed by atoms with Gasteiger partial charge in [0, 0.05) is 24.3 Å². The molecule has 0 saturated heterocycles. The Hall–Kier alpha value is -0.650. The van der Waals surface area contributed by atoms with Crippen LogP contribution in [0.25, 0.3) is 0 Å². The highest BCUT2D eigenvalue weighted by molar-refractivity contribution is 7.89. The number of nitrogens with one attached hydrogen (secondary N) is 1. The number of nitrogens with zero attached hydrogens (tertiary/aromatic N) is 1. The van der Waals surface area contributed by atoms with Crippen LogP contribution in [0.2, 0.25) is 0 Å². The fourth-order valence-electron chi connectivity index (χ4n) is 1.44. The predicted octanol–water partition coefficient (Wildman–Crippen LogP) is 1.94. The zero-order chi connectivity index (χ0) is 12.9. The van der Waals surface area contributed by atoms with E-state index < -0.39 is 10.0 Å². The molecule has 1 aromatic rings. The van der Waals surface area contributed by atoms with Crippen LogP contribution in [-0.4, -0.2) is 25.0 Å². The fourth-order valence-corrected chi connectivity index (χ4v) is 3.31. The molecule has 0 aliphatic carbocycles. The van der Waals surface area contributed by atoms with Gasteiger partial charge in [0.2, 0.25) is 10.0 Å². The topological polar surface area (TPSA) is 59.1 Å². The van der Waals surface area contributed by atoms with Crippen LogP contribution in [-0.2, 0) is 10.0 Å². The van der Waals surface area contributed by atoms with Crippen LogP contribution in [0.3, 0.4) is 0 Å². The van der Waals surface area contributed by atoms with E-state index >= 15 is 0 Å². The summed E-state index contributed by atoms with van der Waals surface area (Å²) in [6.07, 6.45) is 3.30. The zero-order valence-electron chi connectivity index (χ0n) is 9.93. The van der Waals surface area contributed by atoms with E-state index in [2.05, 4.69) is 9.71 Å². The highest BCUT2D eigenvalue weighted by Crippen LogP contribution is 2.12. The van der Waals surface area contributed by atoms with Crippen LogP contribution in [0.5, 0.6) is 0 Å². The first-order valence-electron chi connectivity index (χ1n) is 5.40. The minimum absolute atomic E-state index is 0.0428. The van der Waals surface area contributed by atoms with Crippen LogP contribution in [0.1, 0.15) is 25.5 Å². The summed E-state index contributed by atoms with van der Waals surface area (Å²) >= 11 is 5.61. The fraction of sp³-hybridized carbons (Fsp3) is 0.545. The highest BCUT2D eigenvalue weighted by atomic mass is 35.5. The third-order valence-corrected chi connectivity index (χ3v) is 4.56. The van der Waals surface area contributed by atoms with Crippen molar-refractivity contribution in [1.82, 2.24) is 9.71 Å². The van der Waals surface area contributed by atoms with Crippen molar-refractivity contribution in [2.24, 2.45) is 5.92 Å². The molecule has 0 saturated carbocycles. The lowest BCUT2D eigenvalue weighted by Crippen LogP contribution is -2.31. The van der Waals surface area contributed by atoms with Crippen molar-refractivity contribution in [3.63, 3.8) is 0 Å². The standard InChI is InChI=1S/C11H17ClN2O2S/c1-9(6-12)8-17(15,16)14-10(2)11-4-3-5-13-7-11/h3-5,7,9-10,14H,6,8H2,1-2H3. The van der Waals surface area contributed by atoms with Crippen molar-refractivity contribution < 1.29 is 8.42 Å². The highest BCUT2D eigenvalue weighted by Gasteiger charge is 2.18. The summed E-state index contributed by atoms with van der Waals surface area (Å²) in [5, 5.41) is 0. The first-order chi connectivity index (χ1) is 7.94. The van der Waals surface area contributed by atoms with Crippen molar-refractivity contribution in [3.8, 4) is 0 Å². The first kappa shape index (κ1) is 14.4. The van der Waals surface area contributed by atoms with Gasteiger partial charge in [0.25, 0.3) is 0 Å². The summed E-state index contributed by atoms with van der Waals surface area (Å²) in [5.74, 6) is 0.318. The molecule has 17 heavy (non-hydrogen) atoms. The van der Waals surface area contributed by atoms with E-state index in [-0.39, 0.29) is 17.7 Å². The van der Waals surface area contributed by atoms with E-state index in [9.17, 15) is 8.42 Å². The van der Waals surface area contributed by atoms with Gasteiger partial charge in [-0.2, -0.15) is 0 Å². The maximum Gasteiger partial charge on any atom is 0.212 e. The number of hydrogen-bond donors (Lipinski definition) is 1. The number of alkyl halides is 1. The summed E-state index contributed by atoms with van der Waals surface area (Å²) in [5.41, 5.74) is 0.842. The molecule has 1 heterocycles. The van der Waals surface area contributed by atoms with E-state index in [0.717, 1.165) is 5.56 Å². The molecule has 4 nitrogen and oxygen atoms in total. The van der Waals surface area contributed by atoms with Crippen molar-refractivity contribution in [1.29, 1.82) is 0 Å². The maximum atomic E-state index is 11.8. The summed E-state index contributed by atoms with van der Waals surface area (Å²) in [4.78, 5) is 3.96. The second-order valence-corrected chi connectivity index (χ2v) is 6.27. The Morgan fingerprint density at radius 1 is 1.47 bits per heavy atom. The van der Waals surface area contributed by atoms with Gasteiger partial charge in [0.05, 0.1) is 5.75 Å². The molecule has 0 fully saturated rings. The molecule has 0 aliphatic heterocycles. The molecule has 6 heteroatoms. The molecule has 96 valence electrons. The van der Waals surface area contributed by atoms with Gasteiger partial charge in [0.15, 0.2) is 0 Å². The van der Waals surface area contributed by atoms with Gasteiger partial charge in [-0.15, -0.1) is 11.6 Å². The zero-order valence-corrected chi connectivity index (χ0v) is 11.5. The number of pyridine rings is 1. The van der Waals surface area contributed by atoms with Gasteiger partial charge in [-0.3, -0.25) is 4.98 Å². The number of hydrogen-bond acceptors (Lipinski definition) is 3. The van der Waals surface area contributed by atoms with Crippen LogP contribution < -0.4 is 4.72 Å². The molecular formula is C11H17ClN2O2S. The van der Waals surface area contributed by atoms with Gasteiger partial charge in [-0.25, -0.2) is 13.1 Å². The number of sulfonamides is 1. The Bertz CT molecular complexity index is 436. The van der Waals surface area contributed by atoms with E-state index in [4.69, 9.17) is 11.6 Å². The van der Waals surface area contributed by atoms with Gasteiger partial charge in [0.1, 0.15) is 0 Å². The number of rotatable bonds is 6. The summed E-state index contributed by atoms with van der Waals surface area (Å²) in [7, 11) is -3.30. The maximum absolute atomic E-state index is 11.8. The molecule has 0 aliphatic rings. The molecule has 0 spiro atoms. The monoisotopic (exact) mass is 276 g/mol. The average Bonchev–Trinajstić information content (AvgIpc) is 2.28. The van der Waals surface area contributed by atoms with Crippen molar-refractivity contribution in [2.75, 3.05) is 11.6 Å². The molecule has 1 aromatic heterocycles. The number of aromatic nitrogens is 1. The molecule has 2 atom stereocenters. The minimum Gasteiger partial charge on any atom is -0.264 e. The third kappa shape index (κ3) is 5.02. The summed E-state index contributed by atoms with van der Waals surface area (Å²) in [6.45, 7) is 3.60. The van der Waals surface area contributed by atoms with Gasteiger partial charge >= 0.3 is 0 Å². The molecule has 0 aromatic carbocycles. The van der Waals surface area contributed by atoms with Crippen LogP contribution in [0.15, 0.2) is 24.5 Å².